The average molecular weight is 416 g/mol. The van der Waals surface area contributed by atoms with Crippen LogP contribution in [0.5, 0.6) is 5.75 Å². The Morgan fingerprint density at radius 2 is 1.45 bits per heavy atom. The fourth-order valence-corrected chi connectivity index (χ4v) is 4.73. The number of hydrogen-bond donors (Lipinski definition) is 1. The lowest BCUT2D eigenvalue weighted by molar-refractivity contribution is 0.0758. The molecule has 0 fully saturated rings. The number of benzene rings is 3. The van der Waals surface area contributed by atoms with Crippen molar-refractivity contribution in [3.8, 4) is 5.75 Å². The molecule has 1 aliphatic carbocycles. The third kappa shape index (κ3) is 5.75. The first-order valence-corrected chi connectivity index (χ1v) is 11.4. The first-order chi connectivity index (χ1) is 15.2. The van der Waals surface area contributed by atoms with Gasteiger partial charge in [0.25, 0.3) is 0 Å². The van der Waals surface area contributed by atoms with Gasteiger partial charge in [0, 0.05) is 12.5 Å². The molecule has 1 atom stereocenters. The van der Waals surface area contributed by atoms with Gasteiger partial charge in [-0.25, -0.2) is 0 Å². The number of likely N-dealkylation sites (N-methyl/N-ethyl adjacent to an activating group) is 1. The molecule has 0 aromatic heterocycles. The predicted octanol–water partition coefficient (Wildman–Crippen LogP) is 5.07. The quantitative estimate of drug-likeness (QED) is 0.530. The Labute approximate surface area is 186 Å². The number of hydrogen-bond acceptors (Lipinski definition) is 3. The van der Waals surface area contributed by atoms with Crippen molar-refractivity contribution < 1.29 is 9.84 Å². The van der Waals surface area contributed by atoms with Gasteiger partial charge in [0.2, 0.25) is 0 Å². The van der Waals surface area contributed by atoms with Crippen LogP contribution in [0, 0.1) is 0 Å². The van der Waals surface area contributed by atoms with Gasteiger partial charge in [0.05, 0.1) is 0 Å². The summed E-state index contributed by atoms with van der Waals surface area (Å²) in [4.78, 5) is 2.22. The minimum atomic E-state index is -0.496. The van der Waals surface area contributed by atoms with Gasteiger partial charge in [-0.1, -0.05) is 66.7 Å². The third-order valence-corrected chi connectivity index (χ3v) is 6.27. The summed E-state index contributed by atoms with van der Waals surface area (Å²) in [7, 11) is 2.08. The first-order valence-electron chi connectivity index (χ1n) is 11.4. The lowest BCUT2D eigenvalue weighted by Crippen LogP contribution is -2.33. The van der Waals surface area contributed by atoms with Gasteiger partial charge in [-0.15, -0.1) is 0 Å². The van der Waals surface area contributed by atoms with E-state index in [9.17, 15) is 5.11 Å². The molecule has 31 heavy (non-hydrogen) atoms. The van der Waals surface area contributed by atoms with E-state index in [1.807, 2.05) is 30.3 Å². The van der Waals surface area contributed by atoms with E-state index in [4.69, 9.17) is 4.74 Å². The molecule has 3 aromatic rings. The van der Waals surface area contributed by atoms with Crippen LogP contribution in [-0.4, -0.2) is 42.9 Å². The molecule has 3 aromatic carbocycles. The molecule has 1 unspecified atom stereocenters. The molecule has 3 heteroatoms. The Balaban J connectivity index is 1.32. The van der Waals surface area contributed by atoms with Gasteiger partial charge in [0.15, 0.2) is 0 Å². The Morgan fingerprint density at radius 1 is 0.871 bits per heavy atom. The second-order valence-electron chi connectivity index (χ2n) is 8.63. The summed E-state index contributed by atoms with van der Waals surface area (Å²) >= 11 is 0. The highest BCUT2D eigenvalue weighted by molar-refractivity contribution is 5.44. The zero-order chi connectivity index (χ0) is 21.5. The molecule has 0 aliphatic heterocycles. The number of nitrogens with zero attached hydrogens (tertiary/aromatic N) is 1. The van der Waals surface area contributed by atoms with Crippen LogP contribution in [0.4, 0.5) is 0 Å². The van der Waals surface area contributed by atoms with E-state index < -0.39 is 6.10 Å². The maximum atomic E-state index is 10.4. The van der Waals surface area contributed by atoms with Crippen LogP contribution in [0.3, 0.4) is 0 Å². The van der Waals surface area contributed by atoms with E-state index in [1.165, 1.54) is 22.3 Å². The molecular formula is C28H33NO2. The highest BCUT2D eigenvalue weighted by atomic mass is 16.5. The summed E-state index contributed by atoms with van der Waals surface area (Å²) in [6.07, 6.45) is 3.96. The predicted molar refractivity (Wildman–Crippen MR) is 127 cm³/mol. The Hall–Kier alpha value is -2.62. The van der Waals surface area contributed by atoms with Crippen molar-refractivity contribution in [2.75, 3.05) is 26.7 Å². The number of aliphatic hydroxyl groups is 1. The molecule has 1 N–H and O–H groups in total. The van der Waals surface area contributed by atoms with Crippen LogP contribution in [0.25, 0.3) is 0 Å². The van der Waals surface area contributed by atoms with Gasteiger partial charge >= 0.3 is 0 Å². The monoisotopic (exact) mass is 415 g/mol. The minimum absolute atomic E-state index is 0.317. The molecule has 162 valence electrons. The smallest absolute Gasteiger partial charge is 0.119 e. The molecule has 0 amide bonds. The molecule has 4 rings (SSSR count). The molecular weight excluding hydrogens is 382 g/mol. The van der Waals surface area contributed by atoms with Crippen molar-refractivity contribution in [1.82, 2.24) is 4.90 Å². The zero-order valence-corrected chi connectivity index (χ0v) is 18.4. The number of aryl methyl sites for hydroxylation is 2. The van der Waals surface area contributed by atoms with Crippen molar-refractivity contribution >= 4 is 0 Å². The van der Waals surface area contributed by atoms with Gasteiger partial charge in [0.1, 0.15) is 18.5 Å². The number of fused-ring (bicyclic) bond motifs is 2. The van der Waals surface area contributed by atoms with Gasteiger partial charge in [-0.2, -0.15) is 0 Å². The number of rotatable bonds is 9. The first kappa shape index (κ1) is 21.6. The Kier molecular flexibility index (Phi) is 7.39. The fraction of sp³-hybridized carbons (Fsp3) is 0.357. The SMILES string of the molecule is CN(CCCC1c2ccccc2CCc2ccccc21)CC(O)COc1ccccc1. The van der Waals surface area contributed by atoms with Gasteiger partial charge in [-0.05, 0) is 73.7 Å². The minimum Gasteiger partial charge on any atom is -0.491 e. The van der Waals surface area contributed by atoms with E-state index >= 15 is 0 Å². The second-order valence-corrected chi connectivity index (χ2v) is 8.63. The van der Waals surface area contributed by atoms with Crippen molar-refractivity contribution in [2.24, 2.45) is 0 Å². The maximum absolute atomic E-state index is 10.4. The lowest BCUT2D eigenvalue weighted by atomic mass is 9.85. The zero-order valence-electron chi connectivity index (χ0n) is 18.4. The molecule has 0 saturated carbocycles. The Morgan fingerprint density at radius 3 is 2.10 bits per heavy atom. The normalized spacial score (nSPS) is 14.5. The van der Waals surface area contributed by atoms with E-state index in [0.717, 1.165) is 38.0 Å². The summed E-state index contributed by atoms with van der Waals surface area (Å²) in [5.74, 6) is 1.25. The van der Waals surface area contributed by atoms with Gasteiger partial charge < -0.3 is 14.7 Å². The summed E-state index contributed by atoms with van der Waals surface area (Å²) < 4.78 is 5.68. The number of para-hydroxylation sites is 1. The summed E-state index contributed by atoms with van der Waals surface area (Å²) in [5, 5.41) is 10.4. The third-order valence-electron chi connectivity index (χ3n) is 6.27. The number of aliphatic hydroxyl groups excluding tert-OH is 1. The summed E-state index contributed by atoms with van der Waals surface area (Å²) in [6, 6.07) is 27.6. The van der Waals surface area contributed by atoms with Crippen molar-refractivity contribution in [2.45, 2.75) is 37.7 Å². The second kappa shape index (κ2) is 10.6. The van der Waals surface area contributed by atoms with Crippen molar-refractivity contribution in [3.05, 3.63) is 101 Å². The van der Waals surface area contributed by atoms with Crippen LogP contribution < -0.4 is 4.74 Å². The molecule has 0 heterocycles. The average Bonchev–Trinajstić information content (AvgIpc) is 2.96. The van der Waals surface area contributed by atoms with Crippen LogP contribution >= 0.6 is 0 Å². The van der Waals surface area contributed by atoms with Gasteiger partial charge in [-0.3, -0.25) is 0 Å². The van der Waals surface area contributed by atoms with Crippen LogP contribution in [0.15, 0.2) is 78.9 Å². The standard InChI is InChI=1S/C28H33NO2/c1-29(20-24(30)21-31-25-12-3-2-4-13-25)19-9-16-28-26-14-7-5-10-22(26)17-18-23-11-6-8-15-27(23)28/h2-8,10-15,24,28,30H,9,16-21H2,1H3. The van der Waals surface area contributed by atoms with Crippen molar-refractivity contribution in [1.29, 1.82) is 0 Å². The molecule has 0 saturated heterocycles. The maximum Gasteiger partial charge on any atom is 0.119 e. The topological polar surface area (TPSA) is 32.7 Å². The van der Waals surface area contributed by atoms with E-state index in [-0.39, 0.29) is 0 Å². The fourth-order valence-electron chi connectivity index (χ4n) is 4.73. The Bertz CT molecular complexity index is 908. The molecule has 1 aliphatic rings. The van der Waals surface area contributed by atoms with E-state index in [0.29, 0.717) is 19.1 Å². The van der Waals surface area contributed by atoms with Crippen LogP contribution in [0.1, 0.15) is 41.0 Å². The highest BCUT2D eigenvalue weighted by Crippen LogP contribution is 2.37. The van der Waals surface area contributed by atoms with Crippen LogP contribution in [0.2, 0.25) is 0 Å². The molecule has 0 radical (unpaired) electrons. The van der Waals surface area contributed by atoms with Crippen molar-refractivity contribution in [3.63, 3.8) is 0 Å². The summed E-state index contributed by atoms with van der Waals surface area (Å²) in [6.45, 7) is 1.89. The van der Waals surface area contributed by atoms with Crippen LogP contribution in [-0.2, 0) is 12.8 Å². The highest BCUT2D eigenvalue weighted by Gasteiger charge is 2.23. The largest absolute Gasteiger partial charge is 0.491 e. The van der Waals surface area contributed by atoms with E-state index in [2.05, 4.69) is 60.5 Å². The molecule has 3 nitrogen and oxygen atoms in total. The molecule has 0 bridgehead atoms. The molecule has 0 spiro atoms. The lowest BCUT2D eigenvalue weighted by Gasteiger charge is -2.24. The van der Waals surface area contributed by atoms with E-state index in [1.54, 1.807) is 0 Å². The number of ether oxygens (including phenoxy) is 1. The summed E-state index contributed by atoms with van der Waals surface area (Å²) in [5.41, 5.74) is 5.97.